The van der Waals surface area contributed by atoms with Gasteiger partial charge in [0.2, 0.25) is 5.91 Å². The zero-order valence-electron chi connectivity index (χ0n) is 7.97. The maximum Gasteiger partial charge on any atom is 0.223 e. The molecular weight excluding hydrogens is 152 g/mol. The number of amides is 1. The van der Waals surface area contributed by atoms with Crippen LogP contribution in [0.5, 0.6) is 0 Å². The summed E-state index contributed by atoms with van der Waals surface area (Å²) in [6.45, 7) is 6.66. The summed E-state index contributed by atoms with van der Waals surface area (Å²) in [5.41, 5.74) is 5.55. The summed E-state index contributed by atoms with van der Waals surface area (Å²) in [7, 11) is 0. The number of rotatable bonds is 3. The smallest absolute Gasteiger partial charge is 0.223 e. The van der Waals surface area contributed by atoms with Gasteiger partial charge in [-0.15, -0.1) is 0 Å². The molecule has 1 saturated heterocycles. The summed E-state index contributed by atoms with van der Waals surface area (Å²) in [4.78, 5) is 13.3. The molecule has 0 radical (unpaired) electrons. The molecule has 0 aliphatic carbocycles. The van der Waals surface area contributed by atoms with Crippen LogP contribution in [0.15, 0.2) is 0 Å². The molecule has 3 nitrogen and oxygen atoms in total. The average molecular weight is 170 g/mol. The quantitative estimate of drug-likeness (QED) is 0.674. The van der Waals surface area contributed by atoms with Crippen LogP contribution in [0.25, 0.3) is 0 Å². The van der Waals surface area contributed by atoms with Gasteiger partial charge in [-0.1, -0.05) is 13.8 Å². The molecule has 1 amide bonds. The van der Waals surface area contributed by atoms with Crippen molar-refractivity contribution in [3.63, 3.8) is 0 Å². The number of nitrogens with two attached hydrogens (primary N) is 1. The number of carbonyl (C=O) groups is 1. The first-order chi connectivity index (χ1) is 5.55. The molecule has 0 bridgehead atoms. The van der Waals surface area contributed by atoms with Gasteiger partial charge in [-0.05, 0) is 18.4 Å². The van der Waals surface area contributed by atoms with Crippen LogP contribution in [0, 0.1) is 5.41 Å². The van der Waals surface area contributed by atoms with Gasteiger partial charge in [0.25, 0.3) is 0 Å². The standard InChI is InChI=1S/C9H18N2O/c1-9(2)6-8(12)11(7-9)5-3-4-10/h3-7,10H2,1-2H3. The summed E-state index contributed by atoms with van der Waals surface area (Å²) in [5.74, 6) is 0.286. The van der Waals surface area contributed by atoms with Gasteiger partial charge >= 0.3 is 0 Å². The Balaban J connectivity index is 2.42. The minimum Gasteiger partial charge on any atom is -0.342 e. The van der Waals surface area contributed by atoms with Gasteiger partial charge in [-0.25, -0.2) is 0 Å². The lowest BCUT2D eigenvalue weighted by molar-refractivity contribution is -0.127. The molecule has 1 fully saturated rings. The normalized spacial score (nSPS) is 21.9. The molecule has 0 atom stereocenters. The second-order valence-electron chi connectivity index (χ2n) is 4.30. The Morgan fingerprint density at radius 2 is 2.25 bits per heavy atom. The van der Waals surface area contributed by atoms with Crippen molar-refractivity contribution in [2.24, 2.45) is 11.1 Å². The Morgan fingerprint density at radius 1 is 1.58 bits per heavy atom. The van der Waals surface area contributed by atoms with Crippen molar-refractivity contribution in [3.05, 3.63) is 0 Å². The van der Waals surface area contributed by atoms with E-state index in [1.54, 1.807) is 0 Å². The van der Waals surface area contributed by atoms with Crippen molar-refractivity contribution >= 4 is 5.91 Å². The fraction of sp³-hybridized carbons (Fsp3) is 0.889. The first-order valence-electron chi connectivity index (χ1n) is 4.53. The van der Waals surface area contributed by atoms with Crippen molar-refractivity contribution in [2.75, 3.05) is 19.6 Å². The third-order valence-corrected chi connectivity index (χ3v) is 2.23. The molecule has 0 saturated carbocycles. The lowest BCUT2D eigenvalue weighted by Gasteiger charge is -2.18. The fourth-order valence-electron chi connectivity index (χ4n) is 1.67. The zero-order chi connectivity index (χ0) is 9.19. The van der Waals surface area contributed by atoms with E-state index < -0.39 is 0 Å². The van der Waals surface area contributed by atoms with E-state index in [9.17, 15) is 4.79 Å². The third kappa shape index (κ3) is 2.21. The van der Waals surface area contributed by atoms with Gasteiger partial charge in [-0.2, -0.15) is 0 Å². The molecule has 0 spiro atoms. The predicted molar refractivity (Wildman–Crippen MR) is 48.6 cm³/mol. The Hall–Kier alpha value is -0.570. The molecular formula is C9H18N2O. The summed E-state index contributed by atoms with van der Waals surface area (Å²) in [6.07, 6.45) is 1.61. The van der Waals surface area contributed by atoms with Crippen LogP contribution in [-0.2, 0) is 4.79 Å². The predicted octanol–water partition coefficient (Wildman–Crippen LogP) is 0.594. The highest BCUT2D eigenvalue weighted by molar-refractivity contribution is 5.79. The van der Waals surface area contributed by atoms with Gasteiger partial charge in [-0.3, -0.25) is 4.79 Å². The van der Waals surface area contributed by atoms with E-state index in [1.807, 2.05) is 4.90 Å². The Labute approximate surface area is 73.9 Å². The lowest BCUT2D eigenvalue weighted by atomic mass is 9.93. The van der Waals surface area contributed by atoms with Gasteiger partial charge in [0.15, 0.2) is 0 Å². The number of nitrogens with zero attached hydrogens (tertiary/aromatic N) is 1. The lowest BCUT2D eigenvalue weighted by Crippen LogP contribution is -2.28. The van der Waals surface area contributed by atoms with Crippen LogP contribution in [0.3, 0.4) is 0 Å². The molecule has 0 unspecified atom stereocenters. The SMILES string of the molecule is CC1(C)CC(=O)N(CCCN)C1. The van der Waals surface area contributed by atoms with E-state index in [2.05, 4.69) is 13.8 Å². The van der Waals surface area contributed by atoms with Crippen molar-refractivity contribution in [3.8, 4) is 0 Å². The molecule has 0 aromatic carbocycles. The van der Waals surface area contributed by atoms with E-state index >= 15 is 0 Å². The Kier molecular flexibility index (Phi) is 2.73. The van der Waals surface area contributed by atoms with Crippen molar-refractivity contribution in [2.45, 2.75) is 26.7 Å². The maximum absolute atomic E-state index is 11.4. The molecule has 1 heterocycles. The molecule has 0 aromatic rings. The van der Waals surface area contributed by atoms with Crippen LogP contribution in [-0.4, -0.2) is 30.4 Å². The van der Waals surface area contributed by atoms with Gasteiger partial charge < -0.3 is 10.6 Å². The summed E-state index contributed by atoms with van der Waals surface area (Å²) < 4.78 is 0. The third-order valence-electron chi connectivity index (χ3n) is 2.23. The van der Waals surface area contributed by atoms with E-state index in [-0.39, 0.29) is 11.3 Å². The number of carbonyl (C=O) groups excluding carboxylic acids is 1. The monoisotopic (exact) mass is 170 g/mol. The molecule has 1 rings (SSSR count). The Morgan fingerprint density at radius 3 is 2.67 bits per heavy atom. The van der Waals surface area contributed by atoms with Crippen molar-refractivity contribution in [1.82, 2.24) is 4.90 Å². The van der Waals surface area contributed by atoms with E-state index in [0.29, 0.717) is 13.0 Å². The Bertz CT molecular complexity index is 177. The van der Waals surface area contributed by atoms with Crippen LogP contribution < -0.4 is 5.73 Å². The minimum atomic E-state index is 0.172. The number of hydrogen-bond acceptors (Lipinski definition) is 2. The number of hydrogen-bond donors (Lipinski definition) is 1. The largest absolute Gasteiger partial charge is 0.342 e. The van der Waals surface area contributed by atoms with Gasteiger partial charge in [0, 0.05) is 19.5 Å². The first-order valence-corrected chi connectivity index (χ1v) is 4.53. The highest BCUT2D eigenvalue weighted by atomic mass is 16.2. The molecule has 2 N–H and O–H groups in total. The van der Waals surface area contributed by atoms with Crippen LogP contribution in [0.1, 0.15) is 26.7 Å². The second-order valence-corrected chi connectivity index (χ2v) is 4.30. The van der Waals surface area contributed by atoms with E-state index in [0.717, 1.165) is 19.5 Å². The fourth-order valence-corrected chi connectivity index (χ4v) is 1.67. The van der Waals surface area contributed by atoms with E-state index in [1.165, 1.54) is 0 Å². The maximum atomic E-state index is 11.4. The van der Waals surface area contributed by atoms with Crippen LogP contribution in [0.2, 0.25) is 0 Å². The topological polar surface area (TPSA) is 46.3 Å². The average Bonchev–Trinajstić information content (AvgIpc) is 2.20. The summed E-state index contributed by atoms with van der Waals surface area (Å²) in [6, 6.07) is 0. The summed E-state index contributed by atoms with van der Waals surface area (Å²) >= 11 is 0. The van der Waals surface area contributed by atoms with Gasteiger partial charge in [0.05, 0.1) is 0 Å². The molecule has 1 aliphatic heterocycles. The summed E-state index contributed by atoms with van der Waals surface area (Å²) in [5, 5.41) is 0. The first kappa shape index (κ1) is 9.52. The molecule has 70 valence electrons. The van der Waals surface area contributed by atoms with Crippen molar-refractivity contribution in [1.29, 1.82) is 0 Å². The molecule has 12 heavy (non-hydrogen) atoms. The van der Waals surface area contributed by atoms with E-state index in [4.69, 9.17) is 5.73 Å². The molecule has 1 aliphatic rings. The molecule has 3 heteroatoms. The van der Waals surface area contributed by atoms with Gasteiger partial charge in [0.1, 0.15) is 0 Å². The number of likely N-dealkylation sites (tertiary alicyclic amines) is 1. The second kappa shape index (κ2) is 3.44. The van der Waals surface area contributed by atoms with Crippen LogP contribution >= 0.6 is 0 Å². The van der Waals surface area contributed by atoms with Crippen LogP contribution in [0.4, 0.5) is 0 Å². The zero-order valence-corrected chi connectivity index (χ0v) is 7.97. The highest BCUT2D eigenvalue weighted by Crippen LogP contribution is 2.29. The minimum absolute atomic E-state index is 0.172. The molecule has 0 aromatic heterocycles. The van der Waals surface area contributed by atoms with Crippen molar-refractivity contribution < 1.29 is 4.79 Å². The highest BCUT2D eigenvalue weighted by Gasteiger charge is 2.34.